The number of hydrogen-bond donors (Lipinski definition) is 1. The van der Waals surface area contributed by atoms with Crippen LogP contribution in [0.2, 0.25) is 0 Å². The lowest BCUT2D eigenvalue weighted by Gasteiger charge is -2.21. The topological polar surface area (TPSA) is 48.1 Å². The van der Waals surface area contributed by atoms with Crippen LogP contribution in [0.15, 0.2) is 0 Å². The Balaban J connectivity index is 2.28. The van der Waals surface area contributed by atoms with Gasteiger partial charge in [-0.1, -0.05) is 15.9 Å². The first-order chi connectivity index (χ1) is 7.25. The molecule has 2 heterocycles. The minimum Gasteiger partial charge on any atom is -0.229 e. The molecule has 0 amide bonds. The Morgan fingerprint density at radius 3 is 2.69 bits per heavy atom. The van der Waals surface area contributed by atoms with Crippen LogP contribution in [-0.2, 0) is 9.84 Å². The van der Waals surface area contributed by atoms with Gasteiger partial charge in [0.1, 0.15) is 10.2 Å². The van der Waals surface area contributed by atoms with Gasteiger partial charge in [-0.15, -0.1) is 0 Å². The van der Waals surface area contributed by atoms with Crippen molar-refractivity contribution in [3.63, 3.8) is 0 Å². The molecule has 2 aliphatic rings. The van der Waals surface area contributed by atoms with E-state index in [1.807, 2.05) is 6.92 Å². The summed E-state index contributed by atoms with van der Waals surface area (Å²) < 4.78 is 24.1. The molecule has 2 rings (SSSR count). The zero-order chi connectivity index (χ0) is 12.1. The van der Waals surface area contributed by atoms with E-state index in [1.54, 1.807) is 23.5 Å². The molecular weight excluding hydrogens is 330 g/mol. The van der Waals surface area contributed by atoms with Crippen LogP contribution in [0.5, 0.6) is 0 Å². The summed E-state index contributed by atoms with van der Waals surface area (Å²) in [5, 5.41) is 0.160. The summed E-state index contributed by atoms with van der Waals surface area (Å²) in [7, 11) is -2.96. The van der Waals surface area contributed by atoms with E-state index >= 15 is 0 Å². The number of fused-ring (bicyclic) bond motifs is 1. The molecule has 0 aromatic heterocycles. The summed E-state index contributed by atoms with van der Waals surface area (Å²) in [6.45, 7) is 6.22. The van der Waals surface area contributed by atoms with Crippen LogP contribution >= 0.6 is 39.5 Å². The molecule has 0 aromatic rings. The number of hydrogen-bond acceptors (Lipinski definition) is 4. The fraction of sp³-hybridized carbons (Fsp3) is 0.889. The second-order valence-electron chi connectivity index (χ2n) is 4.62. The van der Waals surface area contributed by atoms with E-state index in [-0.39, 0.29) is 15.7 Å². The maximum Gasteiger partial charge on any atom is 0.269 e. The molecule has 0 bridgehead atoms. The standard InChI is InChI=1S/C9H14BrNO2S3/c1-5(2)11-8-14-6-4-16(12,13)7(10)9(6,3)15-8/h5-7H,4H2,1-3H3/p+1/t6-,7?,9-/m1/s1. The van der Waals surface area contributed by atoms with Gasteiger partial charge in [0.15, 0.2) is 9.84 Å². The lowest BCUT2D eigenvalue weighted by Crippen LogP contribution is -2.76. The number of halogens is 1. The normalized spacial score (nSPS) is 44.2. The van der Waals surface area contributed by atoms with Crippen LogP contribution in [0.4, 0.5) is 0 Å². The average molecular weight is 345 g/mol. The lowest BCUT2D eigenvalue weighted by molar-refractivity contribution is -0.487. The molecule has 0 aliphatic carbocycles. The Morgan fingerprint density at radius 1 is 1.56 bits per heavy atom. The molecule has 16 heavy (non-hydrogen) atoms. The van der Waals surface area contributed by atoms with Crippen molar-refractivity contribution in [3.8, 4) is 0 Å². The monoisotopic (exact) mass is 344 g/mol. The van der Waals surface area contributed by atoms with Crippen LogP contribution in [0.1, 0.15) is 20.8 Å². The van der Waals surface area contributed by atoms with Crippen LogP contribution in [0.3, 0.4) is 0 Å². The van der Waals surface area contributed by atoms with Gasteiger partial charge in [-0.2, -0.15) is 0 Å². The van der Waals surface area contributed by atoms with Gasteiger partial charge < -0.3 is 0 Å². The van der Waals surface area contributed by atoms with Crippen molar-refractivity contribution in [1.82, 2.24) is 0 Å². The van der Waals surface area contributed by atoms with Crippen molar-refractivity contribution >= 4 is 53.7 Å². The molecule has 3 atom stereocenters. The van der Waals surface area contributed by atoms with E-state index < -0.39 is 14.0 Å². The lowest BCUT2D eigenvalue weighted by atomic mass is 10.1. The Labute approximate surface area is 113 Å². The van der Waals surface area contributed by atoms with Crippen LogP contribution < -0.4 is 4.99 Å². The van der Waals surface area contributed by atoms with Gasteiger partial charge in [-0.25, -0.2) is 13.4 Å². The molecule has 2 aliphatic heterocycles. The van der Waals surface area contributed by atoms with Gasteiger partial charge >= 0.3 is 0 Å². The Morgan fingerprint density at radius 2 is 2.19 bits per heavy atom. The summed E-state index contributed by atoms with van der Waals surface area (Å²) in [4.78, 5) is 3.37. The molecule has 3 nitrogen and oxygen atoms in total. The third-order valence-corrected chi connectivity index (χ3v) is 11.2. The predicted molar refractivity (Wildman–Crippen MR) is 75.0 cm³/mol. The molecule has 1 unspecified atom stereocenters. The number of sulfone groups is 1. The van der Waals surface area contributed by atoms with E-state index in [0.717, 1.165) is 4.38 Å². The smallest absolute Gasteiger partial charge is 0.229 e. The van der Waals surface area contributed by atoms with E-state index in [1.165, 1.54) is 0 Å². The first-order valence-electron chi connectivity index (χ1n) is 5.10. The molecule has 92 valence electrons. The summed E-state index contributed by atoms with van der Waals surface area (Å²) in [6.07, 6.45) is 0. The second-order valence-corrected chi connectivity index (χ2v) is 11.2. The maximum atomic E-state index is 11.8. The van der Waals surface area contributed by atoms with Crippen LogP contribution in [-0.4, -0.2) is 38.7 Å². The molecule has 2 saturated heterocycles. The molecule has 0 spiro atoms. The summed E-state index contributed by atoms with van der Waals surface area (Å²) >= 11 is 6.69. The number of thioether (sulfide) groups is 2. The van der Waals surface area contributed by atoms with Crippen LogP contribution in [0, 0.1) is 0 Å². The summed E-state index contributed by atoms with van der Waals surface area (Å²) in [5.74, 6) is 0.278. The zero-order valence-corrected chi connectivity index (χ0v) is 13.4. The predicted octanol–water partition coefficient (Wildman–Crippen LogP) is 0.588. The van der Waals surface area contributed by atoms with E-state index in [0.29, 0.717) is 6.04 Å². The fourth-order valence-electron chi connectivity index (χ4n) is 1.88. The molecular formula is C9H15BrNO2S3+. The minimum absolute atomic E-state index is 0.160. The number of rotatable bonds is 1. The quantitative estimate of drug-likeness (QED) is 0.707. The van der Waals surface area contributed by atoms with Crippen molar-refractivity contribution in [3.05, 3.63) is 0 Å². The van der Waals surface area contributed by atoms with Gasteiger partial charge in [0.05, 0.1) is 10.5 Å². The SMILES string of the molecule is CC(C)[NH+]=C1S[C@@H]2CS(=O)(=O)C(Br)[C@]2(C)S1. The van der Waals surface area contributed by atoms with Crippen molar-refractivity contribution in [2.24, 2.45) is 0 Å². The van der Waals surface area contributed by atoms with Gasteiger partial charge in [-0.05, 0) is 44.3 Å². The largest absolute Gasteiger partial charge is 0.269 e. The maximum absolute atomic E-state index is 11.8. The van der Waals surface area contributed by atoms with E-state index in [4.69, 9.17) is 0 Å². The molecule has 2 fully saturated rings. The number of alkyl halides is 1. The van der Waals surface area contributed by atoms with Crippen LogP contribution in [0.25, 0.3) is 0 Å². The van der Waals surface area contributed by atoms with E-state index in [2.05, 4.69) is 34.8 Å². The molecule has 0 radical (unpaired) electrons. The third kappa shape index (κ3) is 2.08. The summed E-state index contributed by atoms with van der Waals surface area (Å²) in [6, 6.07) is 0.391. The van der Waals surface area contributed by atoms with Gasteiger partial charge in [-0.3, -0.25) is 0 Å². The first kappa shape index (κ1) is 13.2. The average Bonchev–Trinajstić information content (AvgIpc) is 2.47. The zero-order valence-electron chi connectivity index (χ0n) is 9.36. The molecule has 1 N–H and O–H groups in total. The van der Waals surface area contributed by atoms with Gasteiger partial charge in [0.2, 0.25) is 0 Å². The molecule has 0 aromatic carbocycles. The number of nitrogens with one attached hydrogen (secondary N) is 1. The molecule has 0 saturated carbocycles. The third-order valence-electron chi connectivity index (χ3n) is 2.76. The Hall–Kier alpha value is 0.800. The van der Waals surface area contributed by atoms with Crippen molar-refractivity contribution < 1.29 is 13.4 Å². The minimum atomic E-state index is -2.96. The second kappa shape index (κ2) is 4.17. The highest BCUT2D eigenvalue weighted by molar-refractivity contribution is 9.11. The highest BCUT2D eigenvalue weighted by atomic mass is 79.9. The van der Waals surface area contributed by atoms with Crippen molar-refractivity contribution in [2.75, 3.05) is 5.75 Å². The first-order valence-corrected chi connectivity index (χ1v) is 9.43. The van der Waals surface area contributed by atoms with Gasteiger partial charge in [0, 0.05) is 5.25 Å². The van der Waals surface area contributed by atoms with Crippen molar-refractivity contribution in [2.45, 2.75) is 41.0 Å². The van der Waals surface area contributed by atoms with E-state index in [9.17, 15) is 8.42 Å². The Bertz CT molecular complexity index is 434. The van der Waals surface area contributed by atoms with Gasteiger partial charge in [0.25, 0.3) is 4.38 Å². The highest BCUT2D eigenvalue weighted by Gasteiger charge is 2.61. The summed E-state index contributed by atoms with van der Waals surface area (Å²) in [5.41, 5.74) is 0. The Kier molecular flexibility index (Phi) is 3.45. The molecule has 7 heteroatoms. The highest BCUT2D eigenvalue weighted by Crippen LogP contribution is 2.56. The fourth-order valence-corrected chi connectivity index (χ4v) is 9.84. The van der Waals surface area contributed by atoms with Crippen molar-refractivity contribution in [1.29, 1.82) is 0 Å².